The van der Waals surface area contributed by atoms with Gasteiger partial charge in [0.1, 0.15) is 5.92 Å². The van der Waals surface area contributed by atoms with Gasteiger partial charge in [-0.05, 0) is 13.8 Å². The lowest BCUT2D eigenvalue weighted by Crippen LogP contribution is -2.51. The highest BCUT2D eigenvalue weighted by atomic mass is 16.5. The Morgan fingerprint density at radius 1 is 1.57 bits per heavy atom. The van der Waals surface area contributed by atoms with Gasteiger partial charge >= 0.3 is 12.0 Å². The molecule has 2 rings (SSSR count). The number of amides is 2. The van der Waals surface area contributed by atoms with Crippen molar-refractivity contribution in [1.82, 2.24) is 30.8 Å². The number of urea groups is 1. The number of aromatic amines is 1. The SMILES string of the molecule is CCN(C(=O)NC(C)c1nn[nH]n1)C1COCC1C(=O)O. The van der Waals surface area contributed by atoms with Crippen LogP contribution in [0.1, 0.15) is 25.7 Å². The molecule has 1 aromatic heterocycles. The summed E-state index contributed by atoms with van der Waals surface area (Å²) in [4.78, 5) is 25.0. The highest BCUT2D eigenvalue weighted by Crippen LogP contribution is 2.20. The number of nitrogens with one attached hydrogen (secondary N) is 2. The van der Waals surface area contributed by atoms with Crippen LogP contribution in [-0.2, 0) is 9.53 Å². The Morgan fingerprint density at radius 3 is 2.90 bits per heavy atom. The number of ether oxygens (including phenoxy) is 1. The minimum Gasteiger partial charge on any atom is -0.481 e. The molecule has 1 aliphatic rings. The third-order valence-electron chi connectivity index (χ3n) is 3.46. The van der Waals surface area contributed by atoms with Crippen molar-refractivity contribution in [2.45, 2.75) is 25.9 Å². The van der Waals surface area contributed by atoms with Crippen LogP contribution in [0.4, 0.5) is 4.79 Å². The average Bonchev–Trinajstić information content (AvgIpc) is 3.10. The number of carbonyl (C=O) groups is 2. The third-order valence-corrected chi connectivity index (χ3v) is 3.46. The van der Waals surface area contributed by atoms with Crippen LogP contribution in [-0.4, -0.2) is 68.4 Å². The summed E-state index contributed by atoms with van der Waals surface area (Å²) >= 11 is 0. The number of carboxylic acid groups (broad SMARTS) is 1. The van der Waals surface area contributed by atoms with Crippen molar-refractivity contribution >= 4 is 12.0 Å². The Kier molecular flexibility index (Phi) is 4.68. The molecule has 1 saturated heterocycles. The van der Waals surface area contributed by atoms with E-state index in [1.807, 2.05) is 0 Å². The molecule has 0 bridgehead atoms. The molecule has 0 radical (unpaired) electrons. The summed E-state index contributed by atoms with van der Waals surface area (Å²) in [5.74, 6) is -1.32. The van der Waals surface area contributed by atoms with Gasteiger partial charge in [-0.2, -0.15) is 5.21 Å². The lowest BCUT2D eigenvalue weighted by atomic mass is 10.0. The molecule has 3 atom stereocenters. The minimum absolute atomic E-state index is 0.115. The van der Waals surface area contributed by atoms with Crippen LogP contribution in [0.2, 0.25) is 0 Å². The van der Waals surface area contributed by atoms with Crippen molar-refractivity contribution in [2.24, 2.45) is 5.92 Å². The summed E-state index contributed by atoms with van der Waals surface area (Å²) in [5.41, 5.74) is 0. The Morgan fingerprint density at radius 2 is 2.33 bits per heavy atom. The van der Waals surface area contributed by atoms with Gasteiger partial charge in [0.2, 0.25) is 0 Å². The van der Waals surface area contributed by atoms with Crippen LogP contribution >= 0.6 is 0 Å². The van der Waals surface area contributed by atoms with Gasteiger partial charge in [0.25, 0.3) is 0 Å². The van der Waals surface area contributed by atoms with E-state index in [9.17, 15) is 14.7 Å². The number of hydrogen-bond donors (Lipinski definition) is 3. The molecule has 0 spiro atoms. The van der Waals surface area contributed by atoms with Gasteiger partial charge in [0.05, 0.1) is 25.3 Å². The Hall–Kier alpha value is -2.23. The number of carbonyl (C=O) groups excluding carboxylic acids is 1. The fourth-order valence-corrected chi connectivity index (χ4v) is 2.30. The molecule has 1 aliphatic heterocycles. The minimum atomic E-state index is -0.963. The maximum atomic E-state index is 12.3. The van der Waals surface area contributed by atoms with E-state index in [1.165, 1.54) is 4.90 Å². The third kappa shape index (κ3) is 3.27. The molecule has 10 nitrogen and oxygen atoms in total. The summed E-state index contributed by atoms with van der Waals surface area (Å²) in [6, 6.07) is -1.29. The van der Waals surface area contributed by atoms with Gasteiger partial charge in [-0.3, -0.25) is 4.79 Å². The van der Waals surface area contributed by atoms with Crippen molar-refractivity contribution in [3.63, 3.8) is 0 Å². The van der Waals surface area contributed by atoms with Crippen molar-refractivity contribution in [2.75, 3.05) is 19.8 Å². The standard InChI is InChI=1S/C11H18N6O4/c1-3-17(8-5-21-4-7(8)10(18)19)11(20)12-6(2)9-13-15-16-14-9/h6-8H,3-5H2,1-2H3,(H,12,20)(H,18,19)(H,13,14,15,16). The number of tetrazole rings is 1. The second-order valence-electron chi connectivity index (χ2n) is 4.78. The van der Waals surface area contributed by atoms with Crippen molar-refractivity contribution in [1.29, 1.82) is 0 Å². The van der Waals surface area contributed by atoms with Crippen molar-refractivity contribution < 1.29 is 19.4 Å². The molecule has 10 heteroatoms. The van der Waals surface area contributed by atoms with Crippen LogP contribution in [0.15, 0.2) is 0 Å². The van der Waals surface area contributed by atoms with E-state index in [-0.39, 0.29) is 19.2 Å². The second kappa shape index (κ2) is 6.48. The molecule has 1 aromatic rings. The quantitative estimate of drug-likeness (QED) is 0.660. The molecular weight excluding hydrogens is 280 g/mol. The van der Waals surface area contributed by atoms with Gasteiger partial charge in [-0.25, -0.2) is 4.79 Å². The van der Waals surface area contributed by atoms with Crippen LogP contribution in [0, 0.1) is 5.92 Å². The summed E-state index contributed by atoms with van der Waals surface area (Å²) < 4.78 is 5.20. The van der Waals surface area contributed by atoms with E-state index in [1.54, 1.807) is 13.8 Å². The van der Waals surface area contributed by atoms with Gasteiger partial charge < -0.3 is 20.1 Å². The molecule has 0 aliphatic carbocycles. The van der Waals surface area contributed by atoms with E-state index in [0.29, 0.717) is 12.4 Å². The topological polar surface area (TPSA) is 133 Å². The zero-order valence-electron chi connectivity index (χ0n) is 11.8. The molecule has 2 heterocycles. The van der Waals surface area contributed by atoms with E-state index in [4.69, 9.17) is 4.74 Å². The number of rotatable bonds is 5. The first-order chi connectivity index (χ1) is 10.0. The zero-order valence-corrected chi connectivity index (χ0v) is 11.8. The summed E-state index contributed by atoms with van der Waals surface area (Å²) in [6.45, 7) is 4.22. The lowest BCUT2D eigenvalue weighted by Gasteiger charge is -2.30. The highest BCUT2D eigenvalue weighted by molar-refractivity contribution is 5.77. The number of aromatic nitrogens is 4. The predicted octanol–water partition coefficient (Wildman–Crippen LogP) is -0.608. The Bertz CT molecular complexity index is 493. The summed E-state index contributed by atoms with van der Waals surface area (Å²) in [7, 11) is 0. The highest BCUT2D eigenvalue weighted by Gasteiger charge is 2.39. The zero-order chi connectivity index (χ0) is 15.4. The summed E-state index contributed by atoms with van der Waals surface area (Å²) in [5, 5.41) is 25.2. The van der Waals surface area contributed by atoms with Gasteiger partial charge in [0, 0.05) is 6.54 Å². The number of H-pyrrole nitrogens is 1. The smallest absolute Gasteiger partial charge is 0.318 e. The molecule has 2 amide bonds. The van der Waals surface area contributed by atoms with Crippen LogP contribution in [0.3, 0.4) is 0 Å². The van der Waals surface area contributed by atoms with E-state index < -0.39 is 24.0 Å². The average molecular weight is 298 g/mol. The number of nitrogens with zero attached hydrogens (tertiary/aromatic N) is 4. The number of hydrogen-bond acceptors (Lipinski definition) is 6. The molecule has 0 saturated carbocycles. The van der Waals surface area contributed by atoms with Crippen molar-refractivity contribution in [3.05, 3.63) is 5.82 Å². The first kappa shape index (κ1) is 15.2. The monoisotopic (exact) mass is 298 g/mol. The summed E-state index contributed by atoms with van der Waals surface area (Å²) in [6.07, 6.45) is 0. The molecule has 0 aromatic carbocycles. The molecular formula is C11H18N6O4. The Balaban J connectivity index is 2.03. The van der Waals surface area contributed by atoms with Crippen LogP contribution < -0.4 is 5.32 Å². The number of likely N-dealkylation sites (N-methyl/N-ethyl adjacent to an activating group) is 1. The molecule has 3 N–H and O–H groups in total. The fraction of sp³-hybridized carbons (Fsp3) is 0.727. The number of carboxylic acids is 1. The largest absolute Gasteiger partial charge is 0.481 e. The van der Waals surface area contributed by atoms with Gasteiger partial charge in [-0.15, -0.1) is 10.2 Å². The molecule has 21 heavy (non-hydrogen) atoms. The molecule has 3 unspecified atom stereocenters. The van der Waals surface area contributed by atoms with E-state index in [2.05, 4.69) is 25.9 Å². The fourth-order valence-electron chi connectivity index (χ4n) is 2.30. The molecule has 116 valence electrons. The first-order valence-electron chi connectivity index (χ1n) is 6.65. The van der Waals surface area contributed by atoms with E-state index >= 15 is 0 Å². The van der Waals surface area contributed by atoms with Crippen LogP contribution in [0.25, 0.3) is 0 Å². The second-order valence-corrected chi connectivity index (χ2v) is 4.78. The molecule has 1 fully saturated rings. The van der Waals surface area contributed by atoms with Gasteiger partial charge in [0.15, 0.2) is 5.82 Å². The van der Waals surface area contributed by atoms with Crippen molar-refractivity contribution in [3.8, 4) is 0 Å². The number of aliphatic carboxylic acids is 1. The Labute approximate surface area is 120 Å². The van der Waals surface area contributed by atoms with E-state index in [0.717, 1.165) is 0 Å². The normalized spacial score (nSPS) is 22.8. The maximum Gasteiger partial charge on any atom is 0.318 e. The first-order valence-corrected chi connectivity index (χ1v) is 6.65. The van der Waals surface area contributed by atoms with Crippen LogP contribution in [0.5, 0.6) is 0 Å². The van der Waals surface area contributed by atoms with Gasteiger partial charge in [-0.1, -0.05) is 5.21 Å². The maximum absolute atomic E-state index is 12.3. The predicted molar refractivity (Wildman–Crippen MR) is 69.2 cm³/mol. The lowest BCUT2D eigenvalue weighted by molar-refractivity contribution is -0.142.